The van der Waals surface area contributed by atoms with Gasteiger partial charge < -0.3 is 24.8 Å². The molecule has 2 aromatic carbocycles. The van der Waals surface area contributed by atoms with Crippen molar-refractivity contribution >= 4 is 28.9 Å². The maximum atomic E-state index is 12.0. The molecule has 0 unspecified atom stereocenters. The van der Waals surface area contributed by atoms with E-state index in [0.29, 0.717) is 28.0 Å². The van der Waals surface area contributed by atoms with Crippen LogP contribution in [0.1, 0.15) is 0 Å². The number of fused-ring (bicyclic) bond motifs is 1. The van der Waals surface area contributed by atoms with Crippen LogP contribution in [0.5, 0.6) is 17.2 Å². The minimum atomic E-state index is -0.191. The van der Waals surface area contributed by atoms with Crippen LogP contribution in [-0.4, -0.2) is 26.4 Å². The van der Waals surface area contributed by atoms with E-state index < -0.39 is 0 Å². The van der Waals surface area contributed by atoms with E-state index in [1.54, 1.807) is 30.3 Å². The van der Waals surface area contributed by atoms with Crippen molar-refractivity contribution in [3.8, 4) is 17.2 Å². The molecule has 2 N–H and O–H groups in total. The minimum absolute atomic E-state index is 0.114. The summed E-state index contributed by atoms with van der Waals surface area (Å²) in [5, 5.41) is 6.22. The Bertz CT molecular complexity index is 736. The van der Waals surface area contributed by atoms with Gasteiger partial charge in [-0.25, -0.2) is 0 Å². The predicted octanol–water partition coefficient (Wildman–Crippen LogP) is 3.13. The first kappa shape index (κ1) is 15.3. The van der Waals surface area contributed by atoms with Gasteiger partial charge in [-0.05, 0) is 30.3 Å². The van der Waals surface area contributed by atoms with E-state index in [4.69, 9.17) is 25.8 Å². The number of amides is 1. The van der Waals surface area contributed by atoms with Gasteiger partial charge in [-0.2, -0.15) is 0 Å². The Morgan fingerprint density at radius 1 is 1.17 bits per heavy atom. The molecule has 120 valence electrons. The summed E-state index contributed by atoms with van der Waals surface area (Å²) in [5.41, 5.74) is 1.38. The number of carbonyl (C=O) groups is 1. The molecule has 0 saturated carbocycles. The van der Waals surface area contributed by atoms with Gasteiger partial charge in [0.25, 0.3) is 0 Å². The van der Waals surface area contributed by atoms with E-state index in [-0.39, 0.29) is 19.2 Å². The fourth-order valence-electron chi connectivity index (χ4n) is 2.14. The third-order valence-corrected chi connectivity index (χ3v) is 3.56. The van der Waals surface area contributed by atoms with Crippen LogP contribution in [-0.2, 0) is 4.79 Å². The molecule has 1 heterocycles. The number of benzene rings is 2. The van der Waals surface area contributed by atoms with Gasteiger partial charge in [0.15, 0.2) is 11.5 Å². The van der Waals surface area contributed by atoms with Crippen LogP contribution >= 0.6 is 11.6 Å². The molecule has 0 fully saturated rings. The molecule has 1 aliphatic rings. The summed E-state index contributed by atoms with van der Waals surface area (Å²) in [4.78, 5) is 12.0. The zero-order valence-electron chi connectivity index (χ0n) is 12.4. The first-order valence-corrected chi connectivity index (χ1v) is 7.30. The Balaban J connectivity index is 1.56. The van der Waals surface area contributed by atoms with Crippen LogP contribution in [0.4, 0.5) is 11.4 Å². The van der Waals surface area contributed by atoms with Crippen molar-refractivity contribution in [1.29, 1.82) is 0 Å². The lowest BCUT2D eigenvalue weighted by atomic mass is 10.2. The van der Waals surface area contributed by atoms with E-state index >= 15 is 0 Å². The molecule has 0 spiro atoms. The number of halogens is 1. The number of ether oxygens (including phenoxy) is 3. The maximum Gasteiger partial charge on any atom is 0.243 e. The second-order valence-electron chi connectivity index (χ2n) is 4.82. The van der Waals surface area contributed by atoms with Crippen LogP contribution in [0.3, 0.4) is 0 Å². The average molecular weight is 335 g/mol. The highest BCUT2D eigenvalue weighted by Gasteiger charge is 2.13. The summed E-state index contributed by atoms with van der Waals surface area (Å²) >= 11 is 6.02. The van der Waals surface area contributed by atoms with Crippen molar-refractivity contribution in [3.05, 3.63) is 41.4 Å². The molecule has 0 aliphatic carbocycles. The van der Waals surface area contributed by atoms with Crippen LogP contribution in [0.15, 0.2) is 36.4 Å². The van der Waals surface area contributed by atoms with Crippen molar-refractivity contribution in [2.45, 2.75) is 0 Å². The van der Waals surface area contributed by atoms with E-state index in [9.17, 15) is 4.79 Å². The molecule has 0 radical (unpaired) electrons. The number of rotatable bonds is 5. The first-order valence-electron chi connectivity index (χ1n) is 6.92. The van der Waals surface area contributed by atoms with E-state index in [2.05, 4.69) is 10.6 Å². The Labute approximate surface area is 138 Å². The number of hydrogen-bond donors (Lipinski definition) is 2. The zero-order valence-corrected chi connectivity index (χ0v) is 13.1. The number of nitrogens with one attached hydrogen (secondary N) is 2. The molecule has 0 bridgehead atoms. The second kappa shape index (κ2) is 6.66. The first-order chi connectivity index (χ1) is 11.2. The lowest BCUT2D eigenvalue weighted by molar-refractivity contribution is -0.114. The van der Waals surface area contributed by atoms with E-state index in [1.807, 2.05) is 6.07 Å². The predicted molar refractivity (Wildman–Crippen MR) is 87.7 cm³/mol. The highest BCUT2D eigenvalue weighted by Crippen LogP contribution is 2.34. The monoisotopic (exact) mass is 334 g/mol. The fourth-order valence-corrected chi connectivity index (χ4v) is 2.40. The van der Waals surface area contributed by atoms with Crippen molar-refractivity contribution < 1.29 is 19.0 Å². The molecule has 6 nitrogen and oxygen atoms in total. The Morgan fingerprint density at radius 3 is 2.74 bits per heavy atom. The molecule has 0 saturated heterocycles. The number of carbonyl (C=O) groups excluding carboxylic acids is 1. The summed E-state index contributed by atoms with van der Waals surface area (Å²) in [6.07, 6.45) is 0. The lowest BCUT2D eigenvalue weighted by Gasteiger charge is -2.10. The Kier molecular flexibility index (Phi) is 4.43. The normalized spacial score (nSPS) is 11.9. The van der Waals surface area contributed by atoms with Gasteiger partial charge in [-0.1, -0.05) is 11.6 Å². The Morgan fingerprint density at radius 2 is 1.96 bits per heavy atom. The Hall–Kier alpha value is -2.60. The summed E-state index contributed by atoms with van der Waals surface area (Å²) in [6, 6.07) is 10.5. The molecule has 0 atom stereocenters. The number of hydrogen-bond acceptors (Lipinski definition) is 5. The summed E-state index contributed by atoms with van der Waals surface area (Å²) in [7, 11) is 1.54. The third kappa shape index (κ3) is 3.60. The third-order valence-electron chi connectivity index (χ3n) is 3.26. The van der Waals surface area contributed by atoms with Crippen LogP contribution in [0, 0.1) is 0 Å². The average Bonchev–Trinajstić information content (AvgIpc) is 3.01. The van der Waals surface area contributed by atoms with Crippen molar-refractivity contribution in [2.24, 2.45) is 0 Å². The van der Waals surface area contributed by atoms with Crippen molar-refractivity contribution in [3.63, 3.8) is 0 Å². The molecule has 3 rings (SSSR count). The van der Waals surface area contributed by atoms with Crippen LogP contribution in [0.25, 0.3) is 0 Å². The van der Waals surface area contributed by atoms with Crippen molar-refractivity contribution in [1.82, 2.24) is 0 Å². The smallest absolute Gasteiger partial charge is 0.243 e. The molecule has 0 aromatic heterocycles. The second-order valence-corrected chi connectivity index (χ2v) is 5.23. The van der Waals surface area contributed by atoms with E-state index in [0.717, 1.165) is 5.69 Å². The van der Waals surface area contributed by atoms with Gasteiger partial charge in [-0.15, -0.1) is 0 Å². The zero-order chi connectivity index (χ0) is 16.2. The minimum Gasteiger partial charge on any atom is -0.495 e. The van der Waals surface area contributed by atoms with Crippen LogP contribution < -0.4 is 24.8 Å². The summed E-state index contributed by atoms with van der Waals surface area (Å²) in [5.74, 6) is 1.73. The number of anilines is 2. The lowest BCUT2D eigenvalue weighted by Crippen LogP contribution is -2.21. The maximum absolute atomic E-state index is 12.0. The molecule has 1 aliphatic heterocycles. The largest absolute Gasteiger partial charge is 0.495 e. The topological polar surface area (TPSA) is 68.8 Å². The number of methoxy groups -OCH3 is 1. The highest BCUT2D eigenvalue weighted by atomic mass is 35.5. The van der Waals surface area contributed by atoms with Crippen molar-refractivity contribution in [2.75, 3.05) is 31.1 Å². The molecule has 23 heavy (non-hydrogen) atoms. The van der Waals surface area contributed by atoms with Crippen LogP contribution in [0.2, 0.25) is 5.02 Å². The molecular formula is C16H15ClN2O4. The highest BCUT2D eigenvalue weighted by molar-refractivity contribution is 6.32. The summed E-state index contributed by atoms with van der Waals surface area (Å²) < 4.78 is 15.6. The SMILES string of the molecule is COc1ccc(NC(=O)CNc2ccc3c(c2)OCO3)cc1Cl. The van der Waals surface area contributed by atoms with Gasteiger partial charge in [0, 0.05) is 17.4 Å². The van der Waals surface area contributed by atoms with Gasteiger partial charge in [-0.3, -0.25) is 4.79 Å². The van der Waals surface area contributed by atoms with E-state index in [1.165, 1.54) is 7.11 Å². The van der Waals surface area contributed by atoms with Gasteiger partial charge in [0.1, 0.15) is 5.75 Å². The summed E-state index contributed by atoms with van der Waals surface area (Å²) in [6.45, 7) is 0.334. The molecule has 2 aromatic rings. The molecular weight excluding hydrogens is 320 g/mol. The molecule has 7 heteroatoms. The van der Waals surface area contributed by atoms with Gasteiger partial charge >= 0.3 is 0 Å². The standard InChI is InChI=1S/C16H15ClN2O4/c1-21-13-4-3-11(6-12(13)17)19-16(20)8-18-10-2-5-14-15(7-10)23-9-22-14/h2-7,18H,8-9H2,1H3,(H,19,20). The fraction of sp³-hybridized carbons (Fsp3) is 0.188. The quantitative estimate of drug-likeness (QED) is 0.879. The molecule has 1 amide bonds. The van der Waals surface area contributed by atoms with Gasteiger partial charge in [0.2, 0.25) is 12.7 Å². The van der Waals surface area contributed by atoms with Gasteiger partial charge in [0.05, 0.1) is 18.7 Å².